The fourth-order valence-corrected chi connectivity index (χ4v) is 6.56. The van der Waals surface area contributed by atoms with Crippen molar-refractivity contribution in [3.63, 3.8) is 0 Å². The van der Waals surface area contributed by atoms with E-state index in [2.05, 4.69) is 9.88 Å². The standard InChI is InChI=1S/C20H17Cl3FN3O2S2/c21-14-9-15(22)11-17(10-14)31(28,29)27-5-3-26(4-6-27)20-25-16(12-30-20)7-13-1-2-19(24)18(23)8-13/h1-2,8-12H,3-7H2. The molecule has 11 heteroatoms. The predicted molar refractivity (Wildman–Crippen MR) is 124 cm³/mol. The lowest BCUT2D eigenvalue weighted by atomic mass is 10.1. The number of rotatable bonds is 5. The molecule has 4 rings (SSSR count). The van der Waals surface area contributed by atoms with Gasteiger partial charge < -0.3 is 4.90 Å². The molecule has 1 aliphatic rings. The average Bonchev–Trinajstić information content (AvgIpc) is 3.18. The molecule has 0 N–H and O–H groups in total. The normalized spacial score (nSPS) is 15.4. The van der Waals surface area contributed by atoms with Gasteiger partial charge in [0.2, 0.25) is 10.0 Å². The van der Waals surface area contributed by atoms with Crippen molar-refractivity contribution in [2.24, 2.45) is 0 Å². The summed E-state index contributed by atoms with van der Waals surface area (Å²) in [5, 5.41) is 3.42. The van der Waals surface area contributed by atoms with Crippen molar-refractivity contribution in [2.75, 3.05) is 31.1 Å². The molecule has 2 aromatic carbocycles. The highest BCUT2D eigenvalue weighted by molar-refractivity contribution is 7.89. The van der Waals surface area contributed by atoms with Gasteiger partial charge in [0.05, 0.1) is 15.6 Å². The Kier molecular flexibility index (Phi) is 6.76. The number of nitrogens with zero attached hydrogens (tertiary/aromatic N) is 3. The number of hydrogen-bond donors (Lipinski definition) is 0. The van der Waals surface area contributed by atoms with Crippen LogP contribution in [0, 0.1) is 5.82 Å². The summed E-state index contributed by atoms with van der Waals surface area (Å²) in [5.74, 6) is -0.447. The van der Waals surface area contributed by atoms with E-state index in [1.165, 1.54) is 39.9 Å². The number of anilines is 1. The minimum absolute atomic E-state index is 0.0891. The number of sulfonamides is 1. The topological polar surface area (TPSA) is 53.5 Å². The van der Waals surface area contributed by atoms with Gasteiger partial charge in [-0.3, -0.25) is 0 Å². The molecule has 5 nitrogen and oxygen atoms in total. The molecule has 0 radical (unpaired) electrons. The monoisotopic (exact) mass is 519 g/mol. The summed E-state index contributed by atoms with van der Waals surface area (Å²) >= 11 is 19.3. The summed E-state index contributed by atoms with van der Waals surface area (Å²) in [7, 11) is -3.68. The van der Waals surface area contributed by atoms with Crippen LogP contribution in [-0.4, -0.2) is 43.9 Å². The second-order valence-electron chi connectivity index (χ2n) is 7.04. The highest BCUT2D eigenvalue weighted by Gasteiger charge is 2.30. The lowest BCUT2D eigenvalue weighted by molar-refractivity contribution is 0.384. The van der Waals surface area contributed by atoms with Gasteiger partial charge >= 0.3 is 0 Å². The van der Waals surface area contributed by atoms with Crippen LogP contribution in [0.15, 0.2) is 46.7 Å². The zero-order chi connectivity index (χ0) is 22.2. The van der Waals surface area contributed by atoms with Crippen molar-refractivity contribution < 1.29 is 12.8 Å². The second-order valence-corrected chi connectivity index (χ2v) is 11.1. The summed E-state index contributed by atoms with van der Waals surface area (Å²) in [6.07, 6.45) is 0.542. The van der Waals surface area contributed by atoms with Crippen LogP contribution in [0.2, 0.25) is 15.1 Å². The number of thiazole rings is 1. The maximum atomic E-state index is 13.3. The number of benzene rings is 2. The van der Waals surface area contributed by atoms with Crippen LogP contribution >= 0.6 is 46.1 Å². The summed E-state index contributed by atoms with van der Waals surface area (Å²) in [5.41, 5.74) is 1.73. The van der Waals surface area contributed by atoms with Crippen LogP contribution in [0.3, 0.4) is 0 Å². The van der Waals surface area contributed by atoms with Gasteiger partial charge in [0.15, 0.2) is 5.13 Å². The lowest BCUT2D eigenvalue weighted by Gasteiger charge is -2.33. The summed E-state index contributed by atoms with van der Waals surface area (Å²) in [6, 6.07) is 8.94. The smallest absolute Gasteiger partial charge is 0.243 e. The van der Waals surface area contributed by atoms with Gasteiger partial charge in [-0.05, 0) is 35.9 Å². The molecule has 164 valence electrons. The van der Waals surface area contributed by atoms with E-state index in [0.29, 0.717) is 32.6 Å². The Bertz CT molecular complexity index is 1190. The summed E-state index contributed by atoms with van der Waals surface area (Å²) in [6.45, 7) is 1.69. The zero-order valence-electron chi connectivity index (χ0n) is 16.1. The maximum absolute atomic E-state index is 13.3. The first-order valence-electron chi connectivity index (χ1n) is 9.32. The van der Waals surface area contributed by atoms with E-state index in [4.69, 9.17) is 34.8 Å². The lowest BCUT2D eigenvalue weighted by Crippen LogP contribution is -2.48. The third-order valence-corrected chi connectivity index (χ3v) is 8.44. The van der Waals surface area contributed by atoms with Crippen molar-refractivity contribution in [1.29, 1.82) is 0 Å². The van der Waals surface area contributed by atoms with E-state index in [1.807, 2.05) is 5.38 Å². The van der Waals surface area contributed by atoms with Crippen molar-refractivity contribution in [3.8, 4) is 0 Å². The molecular weight excluding hydrogens is 504 g/mol. The van der Waals surface area contributed by atoms with Gasteiger partial charge in [-0.15, -0.1) is 11.3 Å². The van der Waals surface area contributed by atoms with E-state index >= 15 is 0 Å². The Morgan fingerprint density at radius 2 is 1.68 bits per heavy atom. The quantitative estimate of drug-likeness (QED) is 0.455. The fourth-order valence-electron chi connectivity index (χ4n) is 3.33. The van der Waals surface area contributed by atoms with E-state index in [-0.39, 0.29) is 20.0 Å². The predicted octanol–water partition coefficient (Wildman–Crippen LogP) is 5.34. The van der Waals surface area contributed by atoms with Crippen molar-refractivity contribution in [2.45, 2.75) is 11.3 Å². The molecule has 0 atom stereocenters. The molecule has 0 unspecified atom stereocenters. The molecule has 31 heavy (non-hydrogen) atoms. The first-order valence-corrected chi connectivity index (χ1v) is 12.8. The molecule has 3 aromatic rings. The molecule has 2 heterocycles. The van der Waals surface area contributed by atoms with E-state index in [0.717, 1.165) is 16.4 Å². The zero-order valence-corrected chi connectivity index (χ0v) is 20.0. The van der Waals surface area contributed by atoms with Crippen LogP contribution < -0.4 is 4.90 Å². The minimum Gasteiger partial charge on any atom is -0.345 e. The van der Waals surface area contributed by atoms with Crippen LogP contribution in [0.4, 0.5) is 9.52 Å². The largest absolute Gasteiger partial charge is 0.345 e. The molecule has 0 spiro atoms. The number of halogens is 4. The first-order chi connectivity index (χ1) is 14.7. The van der Waals surface area contributed by atoms with E-state index in [9.17, 15) is 12.8 Å². The van der Waals surface area contributed by atoms with Gasteiger partial charge in [0, 0.05) is 48.0 Å². The third kappa shape index (κ3) is 5.16. The molecule has 1 aromatic heterocycles. The maximum Gasteiger partial charge on any atom is 0.243 e. The molecule has 1 saturated heterocycles. The van der Waals surface area contributed by atoms with Crippen molar-refractivity contribution >= 4 is 61.3 Å². The summed E-state index contributed by atoms with van der Waals surface area (Å²) < 4.78 is 40.6. The Morgan fingerprint density at radius 3 is 2.32 bits per heavy atom. The van der Waals surface area contributed by atoms with Crippen LogP contribution in [-0.2, 0) is 16.4 Å². The van der Waals surface area contributed by atoms with E-state index < -0.39 is 15.8 Å². The van der Waals surface area contributed by atoms with Crippen molar-refractivity contribution in [3.05, 3.63) is 73.9 Å². The Hall–Kier alpha value is -1.42. The highest BCUT2D eigenvalue weighted by atomic mass is 35.5. The van der Waals surface area contributed by atoms with Gasteiger partial charge in [-0.1, -0.05) is 40.9 Å². The SMILES string of the molecule is O=S(=O)(c1cc(Cl)cc(Cl)c1)N1CCN(c2nc(Cc3ccc(F)c(Cl)c3)cs2)CC1. The highest BCUT2D eigenvalue weighted by Crippen LogP contribution is 2.28. The molecule has 0 saturated carbocycles. The Labute approximate surface area is 199 Å². The van der Waals surface area contributed by atoms with Crippen LogP contribution in [0.1, 0.15) is 11.3 Å². The second kappa shape index (κ2) is 9.21. The number of aromatic nitrogens is 1. The Balaban J connectivity index is 1.41. The third-order valence-electron chi connectivity index (χ3n) is 4.89. The van der Waals surface area contributed by atoms with Crippen molar-refractivity contribution in [1.82, 2.24) is 9.29 Å². The molecule has 0 amide bonds. The Morgan fingerprint density at radius 1 is 1.00 bits per heavy atom. The molecular formula is C20H17Cl3FN3O2S2. The van der Waals surface area contributed by atoms with E-state index in [1.54, 1.807) is 12.1 Å². The molecule has 0 aliphatic carbocycles. The first kappa shape index (κ1) is 22.8. The number of hydrogen-bond acceptors (Lipinski definition) is 5. The molecule has 0 bridgehead atoms. The van der Waals surface area contributed by atoms with Gasteiger partial charge in [0.25, 0.3) is 0 Å². The van der Waals surface area contributed by atoms with Gasteiger partial charge in [-0.2, -0.15) is 4.31 Å². The van der Waals surface area contributed by atoms with Crippen LogP contribution in [0.5, 0.6) is 0 Å². The van der Waals surface area contributed by atoms with Gasteiger partial charge in [0.1, 0.15) is 5.82 Å². The molecule has 1 fully saturated rings. The molecule has 1 aliphatic heterocycles. The van der Waals surface area contributed by atoms with Crippen LogP contribution in [0.25, 0.3) is 0 Å². The average molecular weight is 521 g/mol. The fraction of sp³-hybridized carbons (Fsp3) is 0.250. The van der Waals surface area contributed by atoms with Gasteiger partial charge in [-0.25, -0.2) is 17.8 Å². The minimum atomic E-state index is -3.68. The summed E-state index contributed by atoms with van der Waals surface area (Å²) in [4.78, 5) is 6.80. The number of piperazine rings is 1.